The number of benzene rings is 1. The van der Waals surface area contributed by atoms with Crippen molar-refractivity contribution in [3.8, 4) is 11.5 Å². The van der Waals surface area contributed by atoms with Crippen LogP contribution >= 0.6 is 0 Å². The van der Waals surface area contributed by atoms with E-state index in [0.29, 0.717) is 29.0 Å². The Morgan fingerprint density at radius 3 is 2.86 bits per heavy atom. The summed E-state index contributed by atoms with van der Waals surface area (Å²) in [4.78, 5) is 13.8. The van der Waals surface area contributed by atoms with Crippen molar-refractivity contribution in [2.75, 3.05) is 20.2 Å². The molecule has 0 radical (unpaired) electrons. The number of halogens is 1. The first-order chi connectivity index (χ1) is 9.89. The third-order valence-electron chi connectivity index (χ3n) is 3.50. The maximum Gasteiger partial charge on any atom is 0.260 e. The number of hydrogen-bond donors (Lipinski definition) is 1. The molecule has 1 aliphatic rings. The molecule has 114 valence electrons. The van der Waals surface area contributed by atoms with Crippen LogP contribution in [0.25, 0.3) is 0 Å². The minimum atomic E-state index is -0.732. The molecule has 0 unspecified atom stereocenters. The fourth-order valence-corrected chi connectivity index (χ4v) is 1.93. The largest absolute Gasteiger partial charge is 0.489 e. The normalized spacial score (nSPS) is 17.3. The zero-order chi connectivity index (χ0) is 15.6. The first kappa shape index (κ1) is 15.3. The van der Waals surface area contributed by atoms with Gasteiger partial charge < -0.3 is 20.1 Å². The summed E-state index contributed by atoms with van der Waals surface area (Å²) in [5, 5.41) is 0. The summed E-state index contributed by atoms with van der Waals surface area (Å²) in [7, 11) is 1.69. The van der Waals surface area contributed by atoms with E-state index in [1.54, 1.807) is 39.1 Å². The minimum absolute atomic E-state index is 0.0586. The van der Waals surface area contributed by atoms with Gasteiger partial charge in [0, 0.05) is 25.2 Å². The second-order valence-corrected chi connectivity index (χ2v) is 5.33. The standard InChI is InChI=1S/C15H19FN2O3/c1-15(2)18(3)14(19)12-5-4-11(6-13(12)21-15)20-9-10(7-16)8-17/h4-7H,8-9,17H2,1-3H3/b10-7+. The highest BCUT2D eigenvalue weighted by atomic mass is 19.1. The molecule has 0 aliphatic carbocycles. The fraction of sp³-hybridized carbons (Fsp3) is 0.400. The topological polar surface area (TPSA) is 64.8 Å². The quantitative estimate of drug-likeness (QED) is 0.923. The zero-order valence-corrected chi connectivity index (χ0v) is 12.4. The van der Waals surface area contributed by atoms with Gasteiger partial charge in [0.15, 0.2) is 5.72 Å². The van der Waals surface area contributed by atoms with Gasteiger partial charge >= 0.3 is 0 Å². The van der Waals surface area contributed by atoms with Gasteiger partial charge in [-0.3, -0.25) is 4.79 Å². The molecule has 2 rings (SSSR count). The summed E-state index contributed by atoms with van der Waals surface area (Å²) in [5.74, 6) is 0.841. The van der Waals surface area contributed by atoms with E-state index in [0.717, 1.165) is 0 Å². The first-order valence-corrected chi connectivity index (χ1v) is 6.61. The van der Waals surface area contributed by atoms with Crippen molar-refractivity contribution in [3.63, 3.8) is 0 Å². The second-order valence-electron chi connectivity index (χ2n) is 5.33. The van der Waals surface area contributed by atoms with Crippen molar-refractivity contribution >= 4 is 5.91 Å². The summed E-state index contributed by atoms with van der Waals surface area (Å²) in [6.07, 6.45) is 0.441. The Hall–Kier alpha value is -2.08. The van der Waals surface area contributed by atoms with E-state index in [-0.39, 0.29) is 19.1 Å². The molecule has 0 saturated heterocycles. The third kappa shape index (κ3) is 3.00. The number of hydrogen-bond acceptors (Lipinski definition) is 4. The van der Waals surface area contributed by atoms with Gasteiger partial charge in [-0.2, -0.15) is 0 Å². The van der Waals surface area contributed by atoms with Gasteiger partial charge in [-0.25, -0.2) is 4.39 Å². The Morgan fingerprint density at radius 2 is 2.24 bits per heavy atom. The van der Waals surface area contributed by atoms with E-state index in [2.05, 4.69) is 0 Å². The molecule has 2 N–H and O–H groups in total. The lowest BCUT2D eigenvalue weighted by molar-refractivity contribution is -0.0367. The molecule has 6 heteroatoms. The lowest BCUT2D eigenvalue weighted by Gasteiger charge is -2.40. The Labute approximate surface area is 123 Å². The summed E-state index contributed by atoms with van der Waals surface area (Å²) < 4.78 is 23.7. The number of fused-ring (bicyclic) bond motifs is 1. The Kier molecular flexibility index (Phi) is 4.18. The van der Waals surface area contributed by atoms with E-state index in [4.69, 9.17) is 15.2 Å². The van der Waals surface area contributed by atoms with Crippen molar-refractivity contribution < 1.29 is 18.7 Å². The summed E-state index contributed by atoms with van der Waals surface area (Å²) in [6.45, 7) is 3.76. The van der Waals surface area contributed by atoms with Crippen LogP contribution in [0.2, 0.25) is 0 Å². The molecule has 5 nitrogen and oxygen atoms in total. The Balaban J connectivity index is 2.22. The molecule has 1 aromatic rings. The van der Waals surface area contributed by atoms with Crippen molar-refractivity contribution in [1.29, 1.82) is 0 Å². The molecule has 0 fully saturated rings. The maximum absolute atomic E-state index is 12.4. The van der Waals surface area contributed by atoms with Crippen LogP contribution in [-0.4, -0.2) is 36.7 Å². The third-order valence-corrected chi connectivity index (χ3v) is 3.50. The van der Waals surface area contributed by atoms with Crippen molar-refractivity contribution in [2.45, 2.75) is 19.6 Å². The highest BCUT2D eigenvalue weighted by Crippen LogP contribution is 2.35. The number of carbonyl (C=O) groups excluding carboxylic acids is 1. The van der Waals surface area contributed by atoms with Crippen LogP contribution in [0.5, 0.6) is 11.5 Å². The highest BCUT2D eigenvalue weighted by molar-refractivity contribution is 5.98. The van der Waals surface area contributed by atoms with Crippen molar-refractivity contribution in [3.05, 3.63) is 35.7 Å². The number of amides is 1. The van der Waals surface area contributed by atoms with E-state index in [1.165, 1.54) is 4.90 Å². The van der Waals surface area contributed by atoms with Gasteiger partial charge in [0.25, 0.3) is 5.91 Å². The van der Waals surface area contributed by atoms with Gasteiger partial charge in [0.2, 0.25) is 0 Å². The van der Waals surface area contributed by atoms with Crippen LogP contribution in [0.3, 0.4) is 0 Å². The number of ether oxygens (including phenoxy) is 2. The minimum Gasteiger partial charge on any atom is -0.489 e. The van der Waals surface area contributed by atoms with Crippen LogP contribution in [0.4, 0.5) is 4.39 Å². The molecule has 1 aromatic carbocycles. The van der Waals surface area contributed by atoms with Gasteiger partial charge in [0.1, 0.15) is 18.1 Å². The predicted octanol–water partition coefficient (Wildman–Crippen LogP) is 2.08. The molecule has 1 aliphatic heterocycles. The van der Waals surface area contributed by atoms with Gasteiger partial charge in [0.05, 0.1) is 11.9 Å². The van der Waals surface area contributed by atoms with Gasteiger partial charge in [-0.1, -0.05) is 0 Å². The van der Waals surface area contributed by atoms with E-state index in [9.17, 15) is 9.18 Å². The number of rotatable bonds is 4. The van der Waals surface area contributed by atoms with Crippen molar-refractivity contribution in [2.24, 2.45) is 5.73 Å². The molecule has 1 amide bonds. The molecule has 1 heterocycles. The second kappa shape index (κ2) is 5.73. The average Bonchev–Trinajstić information content (AvgIpc) is 2.45. The molecule has 0 aromatic heterocycles. The summed E-state index contributed by atoms with van der Waals surface area (Å²) in [5.41, 5.74) is 5.46. The number of nitrogens with zero attached hydrogens (tertiary/aromatic N) is 1. The molecule has 0 saturated carbocycles. The van der Waals surface area contributed by atoms with E-state index >= 15 is 0 Å². The lowest BCUT2D eigenvalue weighted by atomic mass is 10.1. The van der Waals surface area contributed by atoms with Crippen molar-refractivity contribution in [1.82, 2.24) is 4.90 Å². The van der Waals surface area contributed by atoms with Crippen LogP contribution in [-0.2, 0) is 0 Å². The molecule has 21 heavy (non-hydrogen) atoms. The predicted molar refractivity (Wildman–Crippen MR) is 77.0 cm³/mol. The van der Waals surface area contributed by atoms with Crippen LogP contribution in [0, 0.1) is 0 Å². The van der Waals surface area contributed by atoms with Crippen LogP contribution in [0.1, 0.15) is 24.2 Å². The number of carbonyl (C=O) groups is 1. The van der Waals surface area contributed by atoms with Crippen LogP contribution in [0.15, 0.2) is 30.1 Å². The maximum atomic E-state index is 12.4. The molecular weight excluding hydrogens is 275 g/mol. The van der Waals surface area contributed by atoms with E-state index in [1.807, 2.05) is 0 Å². The van der Waals surface area contributed by atoms with Gasteiger partial charge in [-0.05, 0) is 26.0 Å². The smallest absolute Gasteiger partial charge is 0.260 e. The lowest BCUT2D eigenvalue weighted by Crippen LogP contribution is -2.52. The summed E-state index contributed by atoms with van der Waals surface area (Å²) >= 11 is 0. The molecule has 0 spiro atoms. The zero-order valence-electron chi connectivity index (χ0n) is 12.4. The Morgan fingerprint density at radius 1 is 1.52 bits per heavy atom. The Bertz CT molecular complexity index is 584. The summed E-state index contributed by atoms with van der Waals surface area (Å²) in [6, 6.07) is 4.92. The molecule has 0 atom stereocenters. The highest BCUT2D eigenvalue weighted by Gasteiger charge is 2.37. The first-order valence-electron chi connectivity index (χ1n) is 6.61. The SMILES string of the molecule is CN1C(=O)c2ccc(OC/C(=C/F)CN)cc2OC1(C)C. The number of nitrogens with two attached hydrogens (primary N) is 1. The molecular formula is C15H19FN2O3. The van der Waals surface area contributed by atoms with Crippen LogP contribution < -0.4 is 15.2 Å². The average molecular weight is 294 g/mol. The monoisotopic (exact) mass is 294 g/mol. The molecule has 0 bridgehead atoms. The van der Waals surface area contributed by atoms with E-state index < -0.39 is 5.72 Å². The fourth-order valence-electron chi connectivity index (χ4n) is 1.93. The van der Waals surface area contributed by atoms with Gasteiger partial charge in [-0.15, -0.1) is 0 Å².